The van der Waals surface area contributed by atoms with Gasteiger partial charge in [0.15, 0.2) is 0 Å². The van der Waals surface area contributed by atoms with Crippen molar-refractivity contribution in [1.82, 2.24) is 4.90 Å². The molecule has 1 aliphatic rings. The maximum Gasteiger partial charge on any atom is 0.410 e. The minimum absolute atomic E-state index is 0.114. The maximum atomic E-state index is 13.2. The van der Waals surface area contributed by atoms with Gasteiger partial charge in [0.25, 0.3) is 0 Å². The van der Waals surface area contributed by atoms with Gasteiger partial charge in [0.1, 0.15) is 12.4 Å². The number of hydrogen-bond donors (Lipinski definition) is 0. The molecule has 0 N–H and O–H groups in total. The molecule has 0 unspecified atom stereocenters. The lowest BCUT2D eigenvalue weighted by Crippen LogP contribution is -2.43. The highest BCUT2D eigenvalue weighted by atomic mass is 19.3. The summed E-state index contributed by atoms with van der Waals surface area (Å²) in [5.41, 5.74) is 1.50. The first-order valence-electron chi connectivity index (χ1n) is 8.69. The maximum absolute atomic E-state index is 13.2. The highest BCUT2D eigenvalue weighted by molar-refractivity contribution is 5.68. The fourth-order valence-corrected chi connectivity index (χ4v) is 3.22. The standard InChI is InChI=1S/C20H20F3NO3/c21-16-8-6-15(7-9-16)18-12-17(27-19(22)23)10-11-24(18)20(25)26-13-14-4-2-1-3-5-14/h1-9,17-19H,10-13H2/t17-,18+/m0/s1. The molecule has 1 heterocycles. The van der Waals surface area contributed by atoms with Crippen LogP contribution in [-0.2, 0) is 16.1 Å². The van der Waals surface area contributed by atoms with Crippen LogP contribution in [0.3, 0.4) is 0 Å². The summed E-state index contributed by atoms with van der Waals surface area (Å²) in [6, 6.07) is 14.4. The molecule has 0 aromatic heterocycles. The monoisotopic (exact) mass is 379 g/mol. The van der Waals surface area contributed by atoms with Gasteiger partial charge in [0.05, 0.1) is 12.1 Å². The normalized spacial score (nSPS) is 19.9. The van der Waals surface area contributed by atoms with E-state index in [-0.39, 0.29) is 26.0 Å². The summed E-state index contributed by atoms with van der Waals surface area (Å²) in [6.45, 7) is -2.54. The van der Waals surface area contributed by atoms with E-state index in [0.29, 0.717) is 5.56 Å². The van der Waals surface area contributed by atoms with Crippen LogP contribution < -0.4 is 0 Å². The Labute approximate surface area is 155 Å². The second-order valence-electron chi connectivity index (χ2n) is 6.34. The van der Waals surface area contributed by atoms with Crippen LogP contribution in [0.25, 0.3) is 0 Å². The number of likely N-dealkylation sites (tertiary alicyclic amines) is 1. The van der Waals surface area contributed by atoms with Crippen LogP contribution in [0.1, 0.15) is 30.0 Å². The summed E-state index contributed by atoms with van der Waals surface area (Å²) in [7, 11) is 0. The molecule has 2 aromatic rings. The molecule has 1 aliphatic heterocycles. The SMILES string of the molecule is O=C(OCc1ccccc1)N1CC[C@H](OC(F)F)C[C@@H]1c1ccc(F)cc1. The molecule has 0 spiro atoms. The van der Waals surface area contributed by atoms with Gasteiger partial charge in [-0.1, -0.05) is 42.5 Å². The molecule has 0 saturated carbocycles. The Balaban J connectivity index is 1.72. The summed E-state index contributed by atoms with van der Waals surface area (Å²) in [4.78, 5) is 14.1. The number of carbonyl (C=O) groups is 1. The van der Waals surface area contributed by atoms with Gasteiger partial charge in [-0.2, -0.15) is 8.78 Å². The Bertz CT molecular complexity index is 740. The number of amides is 1. The van der Waals surface area contributed by atoms with Crippen molar-refractivity contribution < 1.29 is 27.4 Å². The first-order valence-corrected chi connectivity index (χ1v) is 8.69. The number of hydrogen-bond acceptors (Lipinski definition) is 3. The fraction of sp³-hybridized carbons (Fsp3) is 0.350. The largest absolute Gasteiger partial charge is 0.445 e. The van der Waals surface area contributed by atoms with Gasteiger partial charge in [-0.3, -0.25) is 0 Å². The average Bonchev–Trinajstić information content (AvgIpc) is 2.67. The molecule has 0 radical (unpaired) electrons. The van der Waals surface area contributed by atoms with Gasteiger partial charge in [-0.25, -0.2) is 9.18 Å². The van der Waals surface area contributed by atoms with Gasteiger partial charge in [0, 0.05) is 6.54 Å². The van der Waals surface area contributed by atoms with Crippen LogP contribution in [0.5, 0.6) is 0 Å². The van der Waals surface area contributed by atoms with Crippen LogP contribution in [0, 0.1) is 5.82 Å². The zero-order valence-corrected chi connectivity index (χ0v) is 14.6. The lowest BCUT2D eigenvalue weighted by atomic mass is 9.93. The Morgan fingerprint density at radius 2 is 1.81 bits per heavy atom. The van der Waals surface area contributed by atoms with Crippen molar-refractivity contribution in [2.75, 3.05) is 6.54 Å². The minimum Gasteiger partial charge on any atom is -0.445 e. The van der Waals surface area contributed by atoms with Crippen molar-refractivity contribution in [3.63, 3.8) is 0 Å². The van der Waals surface area contributed by atoms with Gasteiger partial charge in [-0.05, 0) is 36.1 Å². The van der Waals surface area contributed by atoms with Crippen LogP contribution in [0.15, 0.2) is 54.6 Å². The van der Waals surface area contributed by atoms with Gasteiger partial charge in [0.2, 0.25) is 0 Å². The van der Waals surface area contributed by atoms with E-state index < -0.39 is 30.7 Å². The van der Waals surface area contributed by atoms with Crippen LogP contribution in [-0.4, -0.2) is 30.3 Å². The Morgan fingerprint density at radius 1 is 1.11 bits per heavy atom. The molecule has 1 fully saturated rings. The molecule has 0 bridgehead atoms. The minimum atomic E-state index is -2.87. The van der Waals surface area contributed by atoms with Gasteiger partial charge in [-0.15, -0.1) is 0 Å². The molecule has 0 aliphatic carbocycles. The number of ether oxygens (including phenoxy) is 2. The summed E-state index contributed by atoms with van der Waals surface area (Å²) in [6.07, 6.45) is -0.749. The van der Waals surface area contributed by atoms with Crippen LogP contribution in [0.2, 0.25) is 0 Å². The van der Waals surface area contributed by atoms with E-state index in [4.69, 9.17) is 4.74 Å². The second kappa shape index (κ2) is 8.90. The van der Waals surface area contributed by atoms with Crippen LogP contribution >= 0.6 is 0 Å². The number of halogens is 3. The zero-order chi connectivity index (χ0) is 19.2. The fourth-order valence-electron chi connectivity index (χ4n) is 3.22. The number of alkyl halides is 2. The zero-order valence-electron chi connectivity index (χ0n) is 14.6. The second-order valence-corrected chi connectivity index (χ2v) is 6.34. The summed E-state index contributed by atoms with van der Waals surface area (Å²) in [5.74, 6) is -0.409. The van der Waals surface area contributed by atoms with E-state index in [1.54, 1.807) is 12.1 Å². The molecule has 27 heavy (non-hydrogen) atoms. The molecular formula is C20H20F3NO3. The Kier molecular flexibility index (Phi) is 6.34. The summed E-state index contributed by atoms with van der Waals surface area (Å²) in [5, 5.41) is 0. The Hall–Kier alpha value is -2.54. The highest BCUT2D eigenvalue weighted by Gasteiger charge is 2.35. The third kappa shape index (κ3) is 5.23. The third-order valence-electron chi connectivity index (χ3n) is 4.54. The molecule has 2 atom stereocenters. The Morgan fingerprint density at radius 3 is 2.48 bits per heavy atom. The topological polar surface area (TPSA) is 38.8 Å². The molecule has 1 saturated heterocycles. The molecule has 7 heteroatoms. The molecular weight excluding hydrogens is 359 g/mol. The van der Waals surface area contributed by atoms with Crippen molar-refractivity contribution in [3.8, 4) is 0 Å². The summed E-state index contributed by atoms with van der Waals surface area (Å²) < 4.78 is 48.4. The lowest BCUT2D eigenvalue weighted by Gasteiger charge is -2.38. The van der Waals surface area contributed by atoms with Crippen molar-refractivity contribution in [2.24, 2.45) is 0 Å². The summed E-state index contributed by atoms with van der Waals surface area (Å²) >= 11 is 0. The molecule has 2 aromatic carbocycles. The lowest BCUT2D eigenvalue weighted by molar-refractivity contribution is -0.176. The van der Waals surface area contributed by atoms with Gasteiger partial charge >= 0.3 is 12.7 Å². The van der Waals surface area contributed by atoms with Crippen molar-refractivity contribution in [3.05, 3.63) is 71.5 Å². The van der Waals surface area contributed by atoms with Gasteiger partial charge < -0.3 is 14.4 Å². The quantitative estimate of drug-likeness (QED) is 0.741. The number of carbonyl (C=O) groups excluding carboxylic acids is 1. The number of nitrogens with zero attached hydrogens (tertiary/aromatic N) is 1. The smallest absolute Gasteiger partial charge is 0.410 e. The number of rotatable bonds is 5. The van der Waals surface area contributed by atoms with E-state index >= 15 is 0 Å². The number of benzene rings is 2. The highest BCUT2D eigenvalue weighted by Crippen LogP contribution is 2.33. The molecule has 3 rings (SSSR count). The molecule has 1 amide bonds. The molecule has 4 nitrogen and oxygen atoms in total. The van der Waals surface area contributed by atoms with E-state index in [1.165, 1.54) is 17.0 Å². The predicted molar refractivity (Wildman–Crippen MR) is 92.6 cm³/mol. The molecule has 144 valence electrons. The van der Waals surface area contributed by atoms with Crippen molar-refractivity contribution in [2.45, 2.75) is 38.2 Å². The average molecular weight is 379 g/mol. The van der Waals surface area contributed by atoms with Crippen molar-refractivity contribution in [1.29, 1.82) is 0 Å². The predicted octanol–water partition coefficient (Wildman–Crippen LogP) is 4.91. The third-order valence-corrected chi connectivity index (χ3v) is 4.54. The van der Waals surface area contributed by atoms with E-state index in [1.807, 2.05) is 30.3 Å². The first kappa shape index (κ1) is 19.2. The van der Waals surface area contributed by atoms with Crippen molar-refractivity contribution >= 4 is 6.09 Å². The van der Waals surface area contributed by atoms with E-state index in [0.717, 1.165) is 5.56 Å². The first-order chi connectivity index (χ1) is 13.0. The number of piperidine rings is 1. The van der Waals surface area contributed by atoms with E-state index in [9.17, 15) is 18.0 Å². The van der Waals surface area contributed by atoms with E-state index in [2.05, 4.69) is 4.74 Å². The van der Waals surface area contributed by atoms with Crippen LogP contribution in [0.4, 0.5) is 18.0 Å².